The molecule has 0 aliphatic rings. The first-order valence-electron chi connectivity index (χ1n) is 9.11. The SMILES string of the molecule is CNC(=O)Nc1sc2c(C(C)C)cc(NS(=O)(=O)c3ccccc3)cc2c1C(N)=O. The van der Waals surface area contributed by atoms with Crippen LogP contribution in [0.2, 0.25) is 0 Å². The molecule has 0 saturated carbocycles. The number of benzene rings is 2. The van der Waals surface area contributed by atoms with Crippen LogP contribution >= 0.6 is 11.3 Å². The van der Waals surface area contributed by atoms with Crippen LogP contribution in [0.3, 0.4) is 0 Å². The number of sulfonamides is 1. The molecule has 2 aromatic carbocycles. The van der Waals surface area contributed by atoms with Gasteiger partial charge in [-0.3, -0.25) is 14.8 Å². The fourth-order valence-electron chi connectivity index (χ4n) is 3.03. The third-order valence-electron chi connectivity index (χ3n) is 4.45. The molecule has 158 valence electrons. The molecule has 1 heterocycles. The number of hydrogen-bond donors (Lipinski definition) is 4. The predicted molar refractivity (Wildman–Crippen MR) is 120 cm³/mol. The van der Waals surface area contributed by atoms with Gasteiger partial charge >= 0.3 is 6.03 Å². The average Bonchev–Trinajstić information content (AvgIpc) is 3.05. The molecule has 3 rings (SSSR count). The van der Waals surface area contributed by atoms with Gasteiger partial charge in [-0.1, -0.05) is 32.0 Å². The summed E-state index contributed by atoms with van der Waals surface area (Å²) >= 11 is 1.22. The number of thiophene rings is 1. The zero-order valence-corrected chi connectivity index (χ0v) is 18.3. The number of hydrogen-bond acceptors (Lipinski definition) is 5. The van der Waals surface area contributed by atoms with Crippen LogP contribution in [-0.2, 0) is 10.0 Å². The summed E-state index contributed by atoms with van der Waals surface area (Å²) in [5.41, 5.74) is 6.87. The number of rotatable bonds is 6. The van der Waals surface area contributed by atoms with Gasteiger partial charge in [0.15, 0.2) is 0 Å². The summed E-state index contributed by atoms with van der Waals surface area (Å²) in [7, 11) is -2.36. The van der Waals surface area contributed by atoms with Gasteiger partial charge < -0.3 is 11.1 Å². The van der Waals surface area contributed by atoms with Gasteiger partial charge in [-0.05, 0) is 35.7 Å². The molecule has 0 aliphatic heterocycles. The molecule has 0 fully saturated rings. The largest absolute Gasteiger partial charge is 0.365 e. The molecule has 0 bridgehead atoms. The molecule has 0 spiro atoms. The number of carbonyl (C=O) groups excluding carboxylic acids is 2. The first-order chi connectivity index (χ1) is 14.1. The average molecular weight is 447 g/mol. The van der Waals surface area contributed by atoms with Gasteiger partial charge in [0.25, 0.3) is 15.9 Å². The normalized spacial score (nSPS) is 11.5. The highest BCUT2D eigenvalue weighted by Gasteiger charge is 2.23. The second-order valence-corrected chi connectivity index (χ2v) is 9.59. The summed E-state index contributed by atoms with van der Waals surface area (Å²) in [5, 5.41) is 5.84. The molecule has 10 heteroatoms. The van der Waals surface area contributed by atoms with Gasteiger partial charge in [0.05, 0.1) is 10.5 Å². The van der Waals surface area contributed by atoms with Crippen LogP contribution in [0.15, 0.2) is 47.4 Å². The monoisotopic (exact) mass is 446 g/mol. The Labute approximate surface area is 178 Å². The lowest BCUT2D eigenvalue weighted by atomic mass is 9.99. The topological polar surface area (TPSA) is 130 Å². The van der Waals surface area contributed by atoms with Crippen molar-refractivity contribution in [3.05, 3.63) is 53.6 Å². The molecule has 0 atom stereocenters. The van der Waals surface area contributed by atoms with Gasteiger partial charge in [-0.2, -0.15) is 0 Å². The Morgan fingerprint density at radius 3 is 2.33 bits per heavy atom. The van der Waals surface area contributed by atoms with E-state index in [1.54, 1.807) is 30.3 Å². The highest BCUT2D eigenvalue weighted by atomic mass is 32.2. The van der Waals surface area contributed by atoms with E-state index < -0.39 is 22.0 Å². The number of urea groups is 1. The molecule has 5 N–H and O–H groups in total. The van der Waals surface area contributed by atoms with Crippen LogP contribution in [-0.4, -0.2) is 27.4 Å². The van der Waals surface area contributed by atoms with Crippen molar-refractivity contribution in [1.29, 1.82) is 0 Å². The number of nitrogens with one attached hydrogen (secondary N) is 3. The minimum Gasteiger partial charge on any atom is -0.365 e. The van der Waals surface area contributed by atoms with E-state index in [0.717, 1.165) is 10.3 Å². The summed E-state index contributed by atoms with van der Waals surface area (Å²) in [5.74, 6) is -0.689. The van der Waals surface area contributed by atoms with Crippen molar-refractivity contribution in [2.75, 3.05) is 17.1 Å². The minimum absolute atomic E-state index is 0.0286. The van der Waals surface area contributed by atoms with Crippen molar-refractivity contribution in [2.45, 2.75) is 24.7 Å². The fourth-order valence-corrected chi connectivity index (χ4v) is 5.43. The van der Waals surface area contributed by atoms with Gasteiger partial charge in [-0.25, -0.2) is 13.2 Å². The Morgan fingerprint density at radius 1 is 1.10 bits per heavy atom. The van der Waals surface area contributed by atoms with Crippen LogP contribution in [0.4, 0.5) is 15.5 Å². The smallest absolute Gasteiger partial charge is 0.319 e. The first-order valence-corrected chi connectivity index (χ1v) is 11.4. The Kier molecular flexibility index (Phi) is 5.99. The molecule has 1 aromatic heterocycles. The lowest BCUT2D eigenvalue weighted by molar-refractivity contribution is 0.100. The Hall–Kier alpha value is -3.11. The second kappa shape index (κ2) is 8.33. The highest BCUT2D eigenvalue weighted by Crippen LogP contribution is 2.41. The Morgan fingerprint density at radius 2 is 1.77 bits per heavy atom. The highest BCUT2D eigenvalue weighted by molar-refractivity contribution is 7.92. The summed E-state index contributed by atoms with van der Waals surface area (Å²) < 4.78 is 28.9. The summed E-state index contributed by atoms with van der Waals surface area (Å²) in [6, 6.07) is 10.8. The number of primary amides is 1. The molecule has 0 radical (unpaired) electrons. The minimum atomic E-state index is -3.82. The van der Waals surface area contributed by atoms with E-state index in [1.165, 1.54) is 30.5 Å². The van der Waals surface area contributed by atoms with Crippen molar-refractivity contribution < 1.29 is 18.0 Å². The maximum atomic E-state index is 12.8. The van der Waals surface area contributed by atoms with Gasteiger partial charge in [-0.15, -0.1) is 11.3 Å². The quantitative estimate of drug-likeness (QED) is 0.460. The van der Waals surface area contributed by atoms with Crippen molar-refractivity contribution >= 4 is 54.1 Å². The van der Waals surface area contributed by atoms with E-state index in [-0.39, 0.29) is 16.4 Å². The molecular weight excluding hydrogens is 424 g/mol. The molecule has 3 amide bonds. The molecule has 0 aliphatic carbocycles. The Balaban J connectivity index is 2.19. The fraction of sp³-hybridized carbons (Fsp3) is 0.200. The first kappa shape index (κ1) is 21.6. The lowest BCUT2D eigenvalue weighted by Crippen LogP contribution is -2.25. The standard InChI is InChI=1S/C20H22N4O4S2/c1-11(2)14-9-12(24-30(27,28)13-7-5-4-6-8-13)10-15-16(18(21)25)19(29-17(14)15)23-20(26)22-3/h4-11,24H,1-3H3,(H2,21,25)(H2,22,23,26). The maximum Gasteiger partial charge on any atom is 0.319 e. The lowest BCUT2D eigenvalue weighted by Gasteiger charge is -2.13. The molecule has 30 heavy (non-hydrogen) atoms. The van der Waals surface area contributed by atoms with Crippen molar-refractivity contribution in [1.82, 2.24) is 5.32 Å². The number of fused-ring (bicyclic) bond motifs is 1. The predicted octanol–water partition coefficient (Wildman–Crippen LogP) is 3.68. The zero-order valence-electron chi connectivity index (χ0n) is 16.6. The van der Waals surface area contributed by atoms with Gasteiger partial charge in [0.1, 0.15) is 5.00 Å². The van der Waals surface area contributed by atoms with E-state index in [1.807, 2.05) is 13.8 Å². The Bertz CT molecular complexity index is 1220. The van der Waals surface area contributed by atoms with Crippen LogP contribution < -0.4 is 21.1 Å². The molecule has 8 nitrogen and oxygen atoms in total. The third kappa shape index (κ3) is 4.24. The number of anilines is 2. The van der Waals surface area contributed by atoms with E-state index in [0.29, 0.717) is 16.1 Å². The maximum absolute atomic E-state index is 12.8. The van der Waals surface area contributed by atoms with Crippen molar-refractivity contribution in [3.8, 4) is 0 Å². The van der Waals surface area contributed by atoms with Crippen molar-refractivity contribution in [2.24, 2.45) is 5.73 Å². The van der Waals surface area contributed by atoms with Crippen molar-refractivity contribution in [3.63, 3.8) is 0 Å². The number of amides is 3. The molecule has 3 aromatic rings. The second-order valence-electron chi connectivity index (χ2n) is 6.89. The molecule has 0 unspecified atom stereocenters. The van der Waals surface area contributed by atoms with Gasteiger partial charge in [0.2, 0.25) is 0 Å². The summed E-state index contributed by atoms with van der Waals surface area (Å²) in [6.07, 6.45) is 0. The van der Waals surface area contributed by atoms with Crippen LogP contribution in [0.5, 0.6) is 0 Å². The van der Waals surface area contributed by atoms with E-state index in [4.69, 9.17) is 5.73 Å². The third-order valence-corrected chi connectivity index (χ3v) is 7.01. The number of carbonyl (C=O) groups is 2. The van der Waals surface area contributed by atoms with Crippen LogP contribution in [0.1, 0.15) is 35.7 Å². The summed E-state index contributed by atoms with van der Waals surface area (Å²) in [6.45, 7) is 3.92. The molecular formula is C20H22N4O4S2. The van der Waals surface area contributed by atoms with E-state index in [2.05, 4.69) is 15.4 Å². The van der Waals surface area contributed by atoms with E-state index in [9.17, 15) is 18.0 Å². The zero-order chi connectivity index (χ0) is 22.1. The van der Waals surface area contributed by atoms with Gasteiger partial charge in [0, 0.05) is 22.8 Å². The van der Waals surface area contributed by atoms with Crippen LogP contribution in [0.25, 0.3) is 10.1 Å². The van der Waals surface area contributed by atoms with E-state index >= 15 is 0 Å². The van der Waals surface area contributed by atoms with Crippen LogP contribution in [0, 0.1) is 0 Å². The summed E-state index contributed by atoms with van der Waals surface area (Å²) in [4.78, 5) is 24.1. The number of nitrogens with two attached hydrogens (primary N) is 1. The molecule has 0 saturated heterocycles.